The van der Waals surface area contributed by atoms with Gasteiger partial charge in [-0.3, -0.25) is 0 Å². The molecule has 0 spiro atoms. The maximum absolute atomic E-state index is 5.85. The van der Waals surface area contributed by atoms with Gasteiger partial charge in [0.15, 0.2) is 0 Å². The van der Waals surface area contributed by atoms with E-state index in [-0.39, 0.29) is 0 Å². The molecule has 0 bridgehead atoms. The minimum atomic E-state index is 0.729. The van der Waals surface area contributed by atoms with Gasteiger partial charge in [0.25, 0.3) is 0 Å². The second-order valence-electron chi connectivity index (χ2n) is 4.18. The number of benzene rings is 2. The lowest BCUT2D eigenvalue weighted by atomic mass is 10.1. The van der Waals surface area contributed by atoms with Gasteiger partial charge in [-0.25, -0.2) is 0 Å². The van der Waals surface area contributed by atoms with E-state index in [4.69, 9.17) is 16.3 Å². The van der Waals surface area contributed by atoms with Crippen LogP contribution in [0.25, 0.3) is 0 Å². The van der Waals surface area contributed by atoms with Crippen molar-refractivity contribution in [1.82, 2.24) is 0 Å². The van der Waals surface area contributed by atoms with Crippen LogP contribution in [0.15, 0.2) is 42.5 Å². The Kier molecular flexibility index (Phi) is 4.11. The molecule has 0 heterocycles. The fraction of sp³-hybridized carbons (Fsp3) is 0.200. The van der Waals surface area contributed by atoms with Gasteiger partial charge in [-0.05, 0) is 37.3 Å². The molecule has 0 saturated carbocycles. The van der Waals surface area contributed by atoms with Crippen LogP contribution >= 0.6 is 11.6 Å². The van der Waals surface area contributed by atoms with Gasteiger partial charge in [-0.1, -0.05) is 29.3 Å². The summed E-state index contributed by atoms with van der Waals surface area (Å²) in [7, 11) is 1.69. The maximum atomic E-state index is 5.85. The molecule has 3 heteroatoms. The highest BCUT2D eigenvalue weighted by Gasteiger charge is 2.02. The number of halogens is 1. The Morgan fingerprint density at radius 3 is 2.50 bits per heavy atom. The molecule has 0 amide bonds. The van der Waals surface area contributed by atoms with Crippen molar-refractivity contribution in [2.45, 2.75) is 13.5 Å². The Morgan fingerprint density at radius 2 is 1.83 bits per heavy atom. The number of rotatable bonds is 4. The summed E-state index contributed by atoms with van der Waals surface area (Å²) in [5.74, 6) is 0.905. The molecule has 0 saturated heterocycles. The summed E-state index contributed by atoms with van der Waals surface area (Å²) in [5, 5.41) is 4.10. The van der Waals surface area contributed by atoms with Crippen molar-refractivity contribution in [3.8, 4) is 5.75 Å². The lowest BCUT2D eigenvalue weighted by Crippen LogP contribution is -2.02. The van der Waals surface area contributed by atoms with Crippen LogP contribution in [0.4, 0.5) is 5.69 Å². The van der Waals surface area contributed by atoms with Crippen molar-refractivity contribution < 1.29 is 4.74 Å². The smallest absolute Gasteiger partial charge is 0.123 e. The Labute approximate surface area is 113 Å². The molecular weight excluding hydrogens is 246 g/mol. The van der Waals surface area contributed by atoms with Gasteiger partial charge < -0.3 is 10.1 Å². The second kappa shape index (κ2) is 5.78. The average Bonchev–Trinajstić information content (AvgIpc) is 2.38. The topological polar surface area (TPSA) is 21.3 Å². The first-order valence-corrected chi connectivity index (χ1v) is 6.20. The number of ether oxygens (including phenoxy) is 1. The van der Waals surface area contributed by atoms with E-state index < -0.39 is 0 Å². The van der Waals surface area contributed by atoms with E-state index >= 15 is 0 Å². The highest BCUT2D eigenvalue weighted by atomic mass is 35.5. The van der Waals surface area contributed by atoms with Crippen LogP contribution in [0.5, 0.6) is 5.75 Å². The highest BCUT2D eigenvalue weighted by molar-refractivity contribution is 6.30. The molecule has 2 aromatic carbocycles. The maximum Gasteiger partial charge on any atom is 0.123 e. The van der Waals surface area contributed by atoms with Gasteiger partial charge in [0, 0.05) is 22.8 Å². The Balaban J connectivity index is 2.09. The van der Waals surface area contributed by atoms with Crippen molar-refractivity contribution in [2.24, 2.45) is 0 Å². The van der Waals surface area contributed by atoms with E-state index in [0.717, 1.165) is 28.6 Å². The molecule has 0 aliphatic carbocycles. The lowest BCUT2D eigenvalue weighted by molar-refractivity contribution is 0.410. The molecule has 94 valence electrons. The number of methoxy groups -OCH3 is 1. The van der Waals surface area contributed by atoms with Crippen molar-refractivity contribution in [2.75, 3.05) is 12.4 Å². The van der Waals surface area contributed by atoms with Crippen molar-refractivity contribution >= 4 is 17.3 Å². The zero-order chi connectivity index (χ0) is 13.0. The molecule has 0 radical (unpaired) electrons. The fourth-order valence-electron chi connectivity index (χ4n) is 1.81. The number of hydrogen-bond acceptors (Lipinski definition) is 2. The van der Waals surface area contributed by atoms with Gasteiger partial charge in [0.2, 0.25) is 0 Å². The number of hydrogen-bond donors (Lipinski definition) is 1. The Morgan fingerprint density at radius 1 is 1.11 bits per heavy atom. The molecule has 2 rings (SSSR count). The van der Waals surface area contributed by atoms with Gasteiger partial charge in [-0.2, -0.15) is 0 Å². The molecule has 18 heavy (non-hydrogen) atoms. The SMILES string of the molecule is COc1ccc(C)cc1CNc1ccc(Cl)cc1. The summed E-state index contributed by atoms with van der Waals surface area (Å²) in [6.07, 6.45) is 0. The predicted molar refractivity (Wildman–Crippen MR) is 76.5 cm³/mol. The first kappa shape index (κ1) is 12.8. The van der Waals surface area contributed by atoms with E-state index in [0.29, 0.717) is 0 Å². The predicted octanol–water partition coefficient (Wildman–Crippen LogP) is 4.27. The van der Waals surface area contributed by atoms with Gasteiger partial charge in [-0.15, -0.1) is 0 Å². The summed E-state index contributed by atoms with van der Waals surface area (Å²) >= 11 is 5.85. The molecule has 1 N–H and O–H groups in total. The average molecular weight is 262 g/mol. The standard InChI is InChI=1S/C15H16ClNO/c1-11-3-8-15(18-2)12(9-11)10-17-14-6-4-13(16)5-7-14/h3-9,17H,10H2,1-2H3. The largest absolute Gasteiger partial charge is 0.496 e. The van der Waals surface area contributed by atoms with Crippen molar-refractivity contribution in [3.05, 3.63) is 58.6 Å². The van der Waals surface area contributed by atoms with Gasteiger partial charge in [0.05, 0.1) is 7.11 Å². The van der Waals surface area contributed by atoms with Gasteiger partial charge in [0.1, 0.15) is 5.75 Å². The molecule has 2 nitrogen and oxygen atoms in total. The van der Waals surface area contributed by atoms with Crippen LogP contribution in [0.3, 0.4) is 0 Å². The van der Waals surface area contributed by atoms with Gasteiger partial charge >= 0.3 is 0 Å². The van der Waals surface area contributed by atoms with Crippen LogP contribution < -0.4 is 10.1 Å². The third-order valence-corrected chi connectivity index (χ3v) is 3.02. The van der Waals surface area contributed by atoms with Crippen LogP contribution in [-0.4, -0.2) is 7.11 Å². The number of anilines is 1. The van der Waals surface area contributed by atoms with Crippen LogP contribution in [0.1, 0.15) is 11.1 Å². The van der Waals surface area contributed by atoms with E-state index in [2.05, 4.69) is 18.3 Å². The summed E-state index contributed by atoms with van der Waals surface area (Å²) in [5.41, 5.74) is 3.42. The summed E-state index contributed by atoms with van der Waals surface area (Å²) in [6, 6.07) is 13.8. The first-order chi connectivity index (χ1) is 8.69. The Hall–Kier alpha value is -1.67. The number of nitrogens with one attached hydrogen (secondary N) is 1. The van der Waals surface area contributed by atoms with E-state index in [9.17, 15) is 0 Å². The third-order valence-electron chi connectivity index (χ3n) is 2.76. The Bertz CT molecular complexity index is 523. The second-order valence-corrected chi connectivity index (χ2v) is 4.61. The van der Waals surface area contributed by atoms with Crippen LogP contribution in [0, 0.1) is 6.92 Å². The van der Waals surface area contributed by atoms with E-state index in [1.807, 2.05) is 36.4 Å². The lowest BCUT2D eigenvalue weighted by Gasteiger charge is -2.11. The molecule has 0 fully saturated rings. The van der Waals surface area contributed by atoms with Crippen LogP contribution in [-0.2, 0) is 6.54 Å². The summed E-state index contributed by atoms with van der Waals surface area (Å²) in [4.78, 5) is 0. The summed E-state index contributed by atoms with van der Waals surface area (Å²) in [6.45, 7) is 2.80. The monoisotopic (exact) mass is 261 g/mol. The van der Waals surface area contributed by atoms with E-state index in [1.54, 1.807) is 7.11 Å². The van der Waals surface area contributed by atoms with E-state index in [1.165, 1.54) is 5.56 Å². The molecule has 0 aliphatic heterocycles. The third kappa shape index (κ3) is 3.17. The minimum absolute atomic E-state index is 0.729. The molecule has 0 atom stereocenters. The highest BCUT2D eigenvalue weighted by Crippen LogP contribution is 2.21. The van der Waals surface area contributed by atoms with Crippen LogP contribution in [0.2, 0.25) is 5.02 Å². The first-order valence-electron chi connectivity index (χ1n) is 5.82. The fourth-order valence-corrected chi connectivity index (χ4v) is 1.94. The zero-order valence-electron chi connectivity index (χ0n) is 10.5. The minimum Gasteiger partial charge on any atom is -0.496 e. The quantitative estimate of drug-likeness (QED) is 0.888. The summed E-state index contributed by atoms with van der Waals surface area (Å²) < 4.78 is 5.35. The van der Waals surface area contributed by atoms with Crippen molar-refractivity contribution in [1.29, 1.82) is 0 Å². The zero-order valence-corrected chi connectivity index (χ0v) is 11.3. The number of aryl methyl sites for hydroxylation is 1. The molecule has 0 aromatic heterocycles. The molecule has 2 aromatic rings. The molecular formula is C15H16ClNO. The normalized spacial score (nSPS) is 10.2. The molecule has 0 unspecified atom stereocenters. The molecule has 0 aliphatic rings. The van der Waals surface area contributed by atoms with Crippen molar-refractivity contribution in [3.63, 3.8) is 0 Å².